The van der Waals surface area contributed by atoms with Crippen molar-refractivity contribution >= 4 is 11.9 Å². The van der Waals surface area contributed by atoms with E-state index < -0.39 is 0 Å². The van der Waals surface area contributed by atoms with Crippen LogP contribution in [-0.2, 0) is 10.2 Å². The Balaban J connectivity index is 1.92. The summed E-state index contributed by atoms with van der Waals surface area (Å²) in [4.78, 5) is 16.3. The molecule has 5 heteroatoms. The van der Waals surface area contributed by atoms with E-state index in [-0.39, 0.29) is 23.4 Å². The average molecular weight is 330 g/mol. The van der Waals surface area contributed by atoms with Crippen LogP contribution in [0.5, 0.6) is 0 Å². The largest absolute Gasteiger partial charge is 0.357 e. The number of rotatable bonds is 6. The minimum atomic E-state index is -0.232. The molecule has 3 N–H and O–H groups in total. The maximum absolute atomic E-state index is 11.9. The van der Waals surface area contributed by atoms with E-state index in [0.717, 1.165) is 13.1 Å². The van der Waals surface area contributed by atoms with Gasteiger partial charge in [0.15, 0.2) is 5.96 Å². The number of hydrogen-bond donors (Lipinski definition) is 3. The van der Waals surface area contributed by atoms with Crippen LogP contribution in [0.3, 0.4) is 0 Å². The molecular weight excluding hydrogens is 300 g/mol. The molecule has 1 aliphatic carbocycles. The highest BCUT2D eigenvalue weighted by Crippen LogP contribution is 2.47. The second kappa shape index (κ2) is 7.69. The van der Waals surface area contributed by atoms with Crippen molar-refractivity contribution in [1.29, 1.82) is 0 Å². The van der Waals surface area contributed by atoms with Crippen molar-refractivity contribution < 1.29 is 4.79 Å². The topological polar surface area (TPSA) is 65.5 Å². The van der Waals surface area contributed by atoms with E-state index in [9.17, 15) is 4.79 Å². The fourth-order valence-corrected chi connectivity index (χ4v) is 2.71. The lowest BCUT2D eigenvalue weighted by molar-refractivity contribution is -0.121. The van der Waals surface area contributed by atoms with E-state index >= 15 is 0 Å². The first-order valence-corrected chi connectivity index (χ1v) is 8.73. The average Bonchev–Trinajstić information content (AvgIpc) is 3.30. The van der Waals surface area contributed by atoms with Crippen LogP contribution in [0.1, 0.15) is 46.1 Å². The van der Waals surface area contributed by atoms with E-state index in [0.29, 0.717) is 5.96 Å². The maximum atomic E-state index is 11.9. The molecule has 1 aromatic carbocycles. The molecule has 132 valence electrons. The number of benzene rings is 1. The summed E-state index contributed by atoms with van der Waals surface area (Å²) in [5.41, 5.74) is 1.35. The van der Waals surface area contributed by atoms with Crippen LogP contribution >= 0.6 is 0 Å². The Bertz CT molecular complexity index is 571. The van der Waals surface area contributed by atoms with Gasteiger partial charge in [-0.25, -0.2) is 4.99 Å². The summed E-state index contributed by atoms with van der Waals surface area (Å²) in [6.07, 6.45) is 2.38. The predicted molar refractivity (Wildman–Crippen MR) is 99.2 cm³/mol. The lowest BCUT2D eigenvalue weighted by Gasteiger charge is -2.21. The first-order chi connectivity index (χ1) is 11.3. The molecule has 1 aliphatic rings. The lowest BCUT2D eigenvalue weighted by Crippen LogP contribution is -2.44. The molecule has 0 saturated heterocycles. The molecule has 0 radical (unpaired) electrons. The van der Waals surface area contributed by atoms with Crippen LogP contribution in [-0.4, -0.2) is 37.0 Å². The Morgan fingerprint density at radius 3 is 2.38 bits per heavy atom. The molecule has 2 rings (SSSR count). The highest BCUT2D eigenvalue weighted by atomic mass is 16.2. The van der Waals surface area contributed by atoms with Crippen molar-refractivity contribution in [2.24, 2.45) is 4.99 Å². The summed E-state index contributed by atoms with van der Waals surface area (Å²) >= 11 is 0. The highest BCUT2D eigenvalue weighted by Gasteiger charge is 2.43. The summed E-state index contributed by atoms with van der Waals surface area (Å²) in [6, 6.07) is 10.6. The monoisotopic (exact) mass is 330 g/mol. The molecule has 0 heterocycles. The van der Waals surface area contributed by atoms with Gasteiger partial charge in [0, 0.05) is 24.0 Å². The Labute approximate surface area is 145 Å². The smallest absolute Gasteiger partial charge is 0.242 e. The van der Waals surface area contributed by atoms with Crippen molar-refractivity contribution in [3.05, 3.63) is 35.9 Å². The minimum absolute atomic E-state index is 0.0658. The standard InChI is InChI=1S/C19H30N4O/c1-5-20-17(21-13-16(24)23-18(2,3)4)22-14-19(11-12-19)15-9-7-6-8-10-15/h6-10H,5,11-14H2,1-4H3,(H,23,24)(H2,20,21,22). The number of aliphatic imine (C=N–C) groups is 1. The maximum Gasteiger partial charge on any atom is 0.242 e. The summed E-state index contributed by atoms with van der Waals surface area (Å²) in [7, 11) is 0. The van der Waals surface area contributed by atoms with Gasteiger partial charge in [-0.15, -0.1) is 0 Å². The van der Waals surface area contributed by atoms with Gasteiger partial charge in [-0.05, 0) is 46.1 Å². The first kappa shape index (κ1) is 18.3. The zero-order valence-electron chi connectivity index (χ0n) is 15.3. The van der Waals surface area contributed by atoms with Crippen molar-refractivity contribution in [2.75, 3.05) is 19.6 Å². The van der Waals surface area contributed by atoms with Crippen LogP contribution < -0.4 is 16.0 Å². The number of guanidine groups is 1. The quantitative estimate of drug-likeness (QED) is 0.553. The summed E-state index contributed by atoms with van der Waals surface area (Å²) in [5.74, 6) is 0.632. The normalized spacial score (nSPS) is 16.4. The zero-order chi connectivity index (χ0) is 17.6. The number of carbonyl (C=O) groups is 1. The first-order valence-electron chi connectivity index (χ1n) is 8.73. The van der Waals surface area contributed by atoms with Crippen LogP contribution in [0.4, 0.5) is 0 Å². The zero-order valence-corrected chi connectivity index (χ0v) is 15.3. The van der Waals surface area contributed by atoms with Crippen LogP contribution in [0.2, 0.25) is 0 Å². The third-order valence-electron chi connectivity index (χ3n) is 4.07. The number of hydrogen-bond acceptors (Lipinski definition) is 2. The summed E-state index contributed by atoms with van der Waals surface area (Å²) in [5, 5.41) is 9.54. The van der Waals surface area contributed by atoms with Gasteiger partial charge >= 0.3 is 0 Å². The molecule has 0 atom stereocenters. The molecule has 0 spiro atoms. The van der Waals surface area contributed by atoms with Gasteiger partial charge in [0.25, 0.3) is 0 Å². The molecule has 1 amide bonds. The molecule has 0 aliphatic heterocycles. The Morgan fingerprint density at radius 1 is 1.17 bits per heavy atom. The number of nitrogens with one attached hydrogen (secondary N) is 3. The number of nitrogens with zero attached hydrogens (tertiary/aromatic N) is 1. The SMILES string of the molecule is CCNC(=NCC(=O)NC(C)(C)C)NCC1(c2ccccc2)CC1. The Kier molecular flexibility index (Phi) is 5.86. The number of amides is 1. The van der Waals surface area contributed by atoms with Gasteiger partial charge in [0.1, 0.15) is 6.54 Å². The van der Waals surface area contributed by atoms with Crippen molar-refractivity contribution in [2.45, 2.75) is 51.5 Å². The van der Waals surface area contributed by atoms with Gasteiger partial charge in [-0.2, -0.15) is 0 Å². The Morgan fingerprint density at radius 2 is 1.83 bits per heavy atom. The van der Waals surface area contributed by atoms with Crippen LogP contribution in [0, 0.1) is 0 Å². The van der Waals surface area contributed by atoms with Crippen molar-refractivity contribution in [1.82, 2.24) is 16.0 Å². The minimum Gasteiger partial charge on any atom is -0.357 e. The van der Waals surface area contributed by atoms with Gasteiger partial charge in [-0.3, -0.25) is 4.79 Å². The molecular formula is C19H30N4O. The molecule has 1 saturated carbocycles. The molecule has 1 aromatic rings. The van der Waals surface area contributed by atoms with Gasteiger partial charge < -0.3 is 16.0 Å². The molecule has 0 aromatic heterocycles. The highest BCUT2D eigenvalue weighted by molar-refractivity contribution is 5.85. The molecule has 5 nitrogen and oxygen atoms in total. The fourth-order valence-electron chi connectivity index (χ4n) is 2.71. The van der Waals surface area contributed by atoms with Crippen LogP contribution in [0.25, 0.3) is 0 Å². The van der Waals surface area contributed by atoms with E-state index in [1.54, 1.807) is 0 Å². The van der Waals surface area contributed by atoms with E-state index in [1.165, 1.54) is 18.4 Å². The van der Waals surface area contributed by atoms with E-state index in [2.05, 4.69) is 45.2 Å². The van der Waals surface area contributed by atoms with E-state index in [4.69, 9.17) is 0 Å². The number of carbonyl (C=O) groups excluding carboxylic acids is 1. The molecule has 0 bridgehead atoms. The predicted octanol–water partition coefficient (Wildman–Crippen LogP) is 2.19. The van der Waals surface area contributed by atoms with Gasteiger partial charge in [-0.1, -0.05) is 30.3 Å². The second-order valence-electron chi connectivity index (χ2n) is 7.49. The van der Waals surface area contributed by atoms with Gasteiger partial charge in [0.2, 0.25) is 5.91 Å². The summed E-state index contributed by atoms with van der Waals surface area (Å²) < 4.78 is 0. The third kappa shape index (κ3) is 5.55. The third-order valence-corrected chi connectivity index (χ3v) is 4.07. The van der Waals surface area contributed by atoms with Crippen LogP contribution in [0.15, 0.2) is 35.3 Å². The second-order valence-corrected chi connectivity index (χ2v) is 7.49. The molecule has 24 heavy (non-hydrogen) atoms. The lowest BCUT2D eigenvalue weighted by atomic mass is 9.96. The fraction of sp³-hybridized carbons (Fsp3) is 0.579. The van der Waals surface area contributed by atoms with Crippen molar-refractivity contribution in [3.63, 3.8) is 0 Å². The molecule has 0 unspecified atom stereocenters. The van der Waals surface area contributed by atoms with Gasteiger partial charge in [0.05, 0.1) is 0 Å². The van der Waals surface area contributed by atoms with E-state index in [1.807, 2.05) is 33.8 Å². The summed E-state index contributed by atoms with van der Waals surface area (Å²) in [6.45, 7) is 9.66. The Hall–Kier alpha value is -2.04. The molecule has 1 fully saturated rings. The van der Waals surface area contributed by atoms with Crippen molar-refractivity contribution in [3.8, 4) is 0 Å².